The third kappa shape index (κ3) is 5.45. The van der Waals surface area contributed by atoms with Crippen LogP contribution in [0.2, 0.25) is 0 Å². The summed E-state index contributed by atoms with van der Waals surface area (Å²) in [4.78, 5) is 9.03. The number of sulfonamides is 1. The number of benzene rings is 3. The van der Waals surface area contributed by atoms with Gasteiger partial charge in [0.05, 0.1) is 4.90 Å². The zero-order chi connectivity index (χ0) is 25.0. The van der Waals surface area contributed by atoms with E-state index in [1.807, 2.05) is 30.3 Å². The Labute approximate surface area is 208 Å². The van der Waals surface area contributed by atoms with Gasteiger partial charge < -0.3 is 15.4 Å². The van der Waals surface area contributed by atoms with Crippen LogP contribution >= 0.6 is 0 Å². The summed E-state index contributed by atoms with van der Waals surface area (Å²) in [5, 5.41) is 6.22. The van der Waals surface area contributed by atoms with Crippen LogP contribution in [0.1, 0.15) is 12.0 Å². The van der Waals surface area contributed by atoms with Crippen LogP contribution in [0.25, 0.3) is 11.1 Å². The molecule has 1 aliphatic rings. The second-order valence-electron chi connectivity index (χ2n) is 8.20. The first kappa shape index (κ1) is 23.7. The van der Waals surface area contributed by atoms with Gasteiger partial charge >= 0.3 is 0 Å². The number of aromatic nitrogens is 2. The summed E-state index contributed by atoms with van der Waals surface area (Å²) in [5.74, 6) is 0.638. The summed E-state index contributed by atoms with van der Waals surface area (Å²) in [5.41, 5.74) is 2.31. The van der Waals surface area contributed by atoms with Gasteiger partial charge in [-0.2, -0.15) is 4.98 Å². The Balaban J connectivity index is 1.42. The molecule has 0 amide bonds. The molecule has 0 fully saturated rings. The molecule has 4 aromatic rings. The molecule has 0 radical (unpaired) electrons. The molecule has 5 rings (SSSR count). The molecule has 0 unspecified atom stereocenters. The highest BCUT2D eigenvalue weighted by Gasteiger charge is 2.17. The predicted molar refractivity (Wildman–Crippen MR) is 136 cm³/mol. The zero-order valence-corrected chi connectivity index (χ0v) is 20.1. The van der Waals surface area contributed by atoms with Crippen molar-refractivity contribution in [1.29, 1.82) is 0 Å². The molecular weight excluding hydrogens is 481 g/mol. The van der Waals surface area contributed by atoms with Gasteiger partial charge in [-0.05, 0) is 42.3 Å². The molecule has 0 spiro atoms. The minimum atomic E-state index is -3.64. The van der Waals surface area contributed by atoms with Crippen LogP contribution in [-0.2, 0) is 16.6 Å². The van der Waals surface area contributed by atoms with Crippen LogP contribution in [0.5, 0.6) is 5.75 Å². The molecule has 1 aliphatic heterocycles. The molecule has 8 nitrogen and oxygen atoms in total. The first-order chi connectivity index (χ1) is 17.5. The van der Waals surface area contributed by atoms with E-state index in [1.54, 1.807) is 30.5 Å². The average Bonchev–Trinajstić information content (AvgIpc) is 2.88. The molecule has 0 atom stereocenters. The smallest absolute Gasteiger partial charge is 0.240 e. The summed E-state index contributed by atoms with van der Waals surface area (Å²) < 4.78 is 48.6. The first-order valence-electron chi connectivity index (χ1n) is 11.4. The fourth-order valence-corrected chi connectivity index (χ4v) is 4.89. The molecule has 0 saturated heterocycles. The average molecular weight is 506 g/mol. The molecule has 0 saturated carbocycles. The molecule has 184 valence electrons. The second kappa shape index (κ2) is 10.3. The molecule has 4 bridgehead atoms. The lowest BCUT2D eigenvalue weighted by molar-refractivity contribution is 0.304. The van der Waals surface area contributed by atoms with Crippen molar-refractivity contribution in [2.75, 3.05) is 23.7 Å². The highest BCUT2D eigenvalue weighted by atomic mass is 32.2. The topological polar surface area (TPSA) is 105 Å². The maximum Gasteiger partial charge on any atom is 0.240 e. The molecule has 3 aromatic carbocycles. The molecule has 1 aromatic heterocycles. The van der Waals surface area contributed by atoms with Crippen molar-refractivity contribution < 1.29 is 17.5 Å². The van der Waals surface area contributed by atoms with Gasteiger partial charge in [-0.25, -0.2) is 22.5 Å². The van der Waals surface area contributed by atoms with Gasteiger partial charge in [-0.1, -0.05) is 36.4 Å². The summed E-state index contributed by atoms with van der Waals surface area (Å²) in [7, 11) is -3.64. The van der Waals surface area contributed by atoms with Gasteiger partial charge in [-0.3, -0.25) is 0 Å². The van der Waals surface area contributed by atoms with Gasteiger partial charge in [0.1, 0.15) is 24.0 Å². The Morgan fingerprint density at radius 3 is 2.64 bits per heavy atom. The number of nitrogens with zero attached hydrogens (tertiary/aromatic N) is 2. The Morgan fingerprint density at radius 1 is 0.944 bits per heavy atom. The number of ether oxygens (including phenoxy) is 1. The van der Waals surface area contributed by atoms with E-state index in [0.717, 1.165) is 5.56 Å². The normalized spacial score (nSPS) is 14.8. The second-order valence-corrected chi connectivity index (χ2v) is 9.97. The molecule has 10 heteroatoms. The van der Waals surface area contributed by atoms with E-state index >= 15 is 4.39 Å². The minimum absolute atomic E-state index is 0.146. The van der Waals surface area contributed by atoms with Gasteiger partial charge in [0.25, 0.3) is 0 Å². The summed E-state index contributed by atoms with van der Waals surface area (Å²) in [6.07, 6.45) is 2.04. The van der Waals surface area contributed by atoms with Crippen molar-refractivity contribution >= 4 is 27.5 Å². The van der Waals surface area contributed by atoms with Crippen molar-refractivity contribution in [1.82, 2.24) is 14.7 Å². The lowest BCUT2D eigenvalue weighted by Crippen LogP contribution is -2.26. The van der Waals surface area contributed by atoms with E-state index in [9.17, 15) is 8.42 Å². The maximum absolute atomic E-state index is 15.2. The van der Waals surface area contributed by atoms with Gasteiger partial charge in [-0.15, -0.1) is 0 Å². The predicted octanol–water partition coefficient (Wildman–Crippen LogP) is 4.70. The monoisotopic (exact) mass is 505 g/mol. The fourth-order valence-electron chi connectivity index (χ4n) is 3.77. The largest absolute Gasteiger partial charge is 0.489 e. The number of anilines is 3. The van der Waals surface area contributed by atoms with Crippen molar-refractivity contribution in [3.05, 3.63) is 90.4 Å². The minimum Gasteiger partial charge on any atom is -0.489 e. The first-order valence-corrected chi connectivity index (χ1v) is 12.9. The van der Waals surface area contributed by atoms with E-state index in [1.165, 1.54) is 18.2 Å². The van der Waals surface area contributed by atoms with Crippen LogP contribution < -0.4 is 20.1 Å². The zero-order valence-electron chi connectivity index (χ0n) is 19.2. The standard InChI is InChI=1S/C26H24FN5O3S/c27-24-15-20(35-17-18-6-2-1-3-7-18)10-11-22(24)23-16-29-26-31-19-8-4-9-21(14-19)36(33,34)30-13-5-12-28-25(23)32-26/h1-4,6-11,14-16,30H,5,12-13,17H2,(H2,28,29,31,32). The fraction of sp³-hybridized carbons (Fsp3) is 0.154. The molecule has 0 aliphatic carbocycles. The van der Waals surface area contributed by atoms with Gasteiger partial charge in [0, 0.05) is 42.2 Å². The summed E-state index contributed by atoms with van der Waals surface area (Å²) in [6, 6.07) is 20.7. The van der Waals surface area contributed by atoms with Crippen LogP contribution in [0.4, 0.5) is 21.8 Å². The lowest BCUT2D eigenvalue weighted by Gasteiger charge is -2.14. The summed E-state index contributed by atoms with van der Waals surface area (Å²) in [6.45, 7) is 0.992. The number of fused-ring (bicyclic) bond motifs is 4. The van der Waals surface area contributed by atoms with E-state index in [2.05, 4.69) is 25.3 Å². The summed E-state index contributed by atoms with van der Waals surface area (Å²) >= 11 is 0. The molecule has 36 heavy (non-hydrogen) atoms. The SMILES string of the molecule is O=S1(=O)NCCCNc2nc(ncc2-c2ccc(OCc3ccccc3)cc2F)Nc2cccc1c2. The Morgan fingerprint density at radius 2 is 1.81 bits per heavy atom. The quantitative estimate of drug-likeness (QED) is 0.369. The van der Waals surface area contributed by atoms with E-state index in [-0.39, 0.29) is 17.4 Å². The van der Waals surface area contributed by atoms with E-state index < -0.39 is 15.8 Å². The molecule has 3 N–H and O–H groups in total. The number of halogens is 1. The van der Waals surface area contributed by atoms with Crippen molar-refractivity contribution in [3.63, 3.8) is 0 Å². The van der Waals surface area contributed by atoms with Crippen molar-refractivity contribution in [2.24, 2.45) is 0 Å². The Hall–Kier alpha value is -4.02. The molecular formula is C26H24FN5O3S. The maximum atomic E-state index is 15.2. The van der Waals surface area contributed by atoms with Gasteiger partial charge in [0.2, 0.25) is 16.0 Å². The molecule has 2 heterocycles. The van der Waals surface area contributed by atoms with Crippen LogP contribution in [0.3, 0.4) is 0 Å². The van der Waals surface area contributed by atoms with Gasteiger partial charge in [0.15, 0.2) is 0 Å². The highest BCUT2D eigenvalue weighted by Crippen LogP contribution is 2.32. The number of nitrogens with one attached hydrogen (secondary N) is 3. The van der Waals surface area contributed by atoms with E-state index in [0.29, 0.717) is 48.0 Å². The number of hydrogen-bond donors (Lipinski definition) is 3. The van der Waals surface area contributed by atoms with Crippen LogP contribution in [0.15, 0.2) is 83.9 Å². The Bertz CT molecular complexity index is 1480. The van der Waals surface area contributed by atoms with Crippen molar-refractivity contribution in [3.8, 4) is 16.9 Å². The third-order valence-electron chi connectivity index (χ3n) is 5.61. The van der Waals surface area contributed by atoms with Crippen molar-refractivity contribution in [2.45, 2.75) is 17.9 Å². The van der Waals surface area contributed by atoms with Crippen LogP contribution in [0, 0.1) is 5.82 Å². The number of hydrogen-bond acceptors (Lipinski definition) is 7. The van der Waals surface area contributed by atoms with Crippen LogP contribution in [-0.4, -0.2) is 31.5 Å². The highest BCUT2D eigenvalue weighted by molar-refractivity contribution is 7.89. The lowest BCUT2D eigenvalue weighted by atomic mass is 10.1. The number of rotatable bonds is 4. The Kier molecular flexibility index (Phi) is 6.79. The van der Waals surface area contributed by atoms with E-state index in [4.69, 9.17) is 4.74 Å². The third-order valence-corrected chi connectivity index (χ3v) is 7.07.